The molecule has 1 heterocycles. The van der Waals surface area contributed by atoms with Gasteiger partial charge in [-0.25, -0.2) is 4.68 Å². The topological polar surface area (TPSA) is 66.2 Å². The molecule has 0 saturated carbocycles. The predicted molar refractivity (Wildman–Crippen MR) is 75.5 cm³/mol. The van der Waals surface area contributed by atoms with Gasteiger partial charge in [0.05, 0.1) is 32.1 Å². The maximum absolute atomic E-state index is 11.3. The molecule has 1 aromatic heterocycles. The number of hydrogen-bond donors (Lipinski definition) is 0. The summed E-state index contributed by atoms with van der Waals surface area (Å²) in [6.45, 7) is 6.99. The highest BCUT2D eigenvalue weighted by molar-refractivity contribution is 5.78. The lowest BCUT2D eigenvalue weighted by molar-refractivity contribution is -0.119. The first-order chi connectivity index (χ1) is 9.72. The predicted octanol–water partition coefficient (Wildman–Crippen LogP) is 1.77. The SMILES string of the molecule is CCCC(=O)CCCOCCOCCn1cc(C)nn1. The summed E-state index contributed by atoms with van der Waals surface area (Å²) in [7, 11) is 0. The normalized spacial score (nSPS) is 10.9. The van der Waals surface area contributed by atoms with Gasteiger partial charge in [-0.15, -0.1) is 5.10 Å². The molecule has 0 aliphatic heterocycles. The van der Waals surface area contributed by atoms with Crippen molar-refractivity contribution in [2.45, 2.75) is 46.1 Å². The van der Waals surface area contributed by atoms with E-state index < -0.39 is 0 Å². The van der Waals surface area contributed by atoms with Crippen LogP contribution in [0.1, 0.15) is 38.3 Å². The van der Waals surface area contributed by atoms with Crippen LogP contribution in [0.25, 0.3) is 0 Å². The van der Waals surface area contributed by atoms with Gasteiger partial charge in [-0.2, -0.15) is 0 Å². The Morgan fingerprint density at radius 2 is 1.95 bits per heavy atom. The van der Waals surface area contributed by atoms with Crippen LogP contribution in [-0.2, 0) is 20.8 Å². The summed E-state index contributed by atoms with van der Waals surface area (Å²) in [5.41, 5.74) is 0.908. The van der Waals surface area contributed by atoms with Gasteiger partial charge in [-0.05, 0) is 19.8 Å². The van der Waals surface area contributed by atoms with Crippen molar-refractivity contribution in [2.75, 3.05) is 26.4 Å². The van der Waals surface area contributed by atoms with Gasteiger partial charge in [0.1, 0.15) is 5.78 Å². The van der Waals surface area contributed by atoms with Crippen LogP contribution in [0.3, 0.4) is 0 Å². The van der Waals surface area contributed by atoms with E-state index in [9.17, 15) is 4.79 Å². The van der Waals surface area contributed by atoms with E-state index >= 15 is 0 Å². The van der Waals surface area contributed by atoms with Gasteiger partial charge < -0.3 is 9.47 Å². The molecule has 6 nitrogen and oxygen atoms in total. The molecular weight excluding hydrogens is 258 g/mol. The number of ether oxygens (including phenoxy) is 2. The average Bonchev–Trinajstić information content (AvgIpc) is 2.83. The van der Waals surface area contributed by atoms with Gasteiger partial charge >= 0.3 is 0 Å². The monoisotopic (exact) mass is 283 g/mol. The summed E-state index contributed by atoms with van der Waals surface area (Å²) in [6, 6.07) is 0. The molecule has 0 aromatic carbocycles. The van der Waals surface area contributed by atoms with E-state index in [-0.39, 0.29) is 0 Å². The Bertz CT molecular complexity index is 379. The second-order valence-electron chi connectivity index (χ2n) is 4.74. The van der Waals surface area contributed by atoms with Crippen molar-refractivity contribution in [2.24, 2.45) is 0 Å². The fourth-order valence-electron chi connectivity index (χ4n) is 1.76. The van der Waals surface area contributed by atoms with Crippen LogP contribution in [0.2, 0.25) is 0 Å². The van der Waals surface area contributed by atoms with Crippen molar-refractivity contribution >= 4 is 5.78 Å². The van der Waals surface area contributed by atoms with E-state index in [4.69, 9.17) is 9.47 Å². The smallest absolute Gasteiger partial charge is 0.132 e. The maximum Gasteiger partial charge on any atom is 0.132 e. The second kappa shape index (κ2) is 10.5. The Balaban J connectivity index is 1.84. The zero-order valence-electron chi connectivity index (χ0n) is 12.5. The zero-order chi connectivity index (χ0) is 14.6. The largest absolute Gasteiger partial charge is 0.379 e. The molecule has 0 spiro atoms. The van der Waals surface area contributed by atoms with Crippen LogP contribution in [0.15, 0.2) is 6.20 Å². The van der Waals surface area contributed by atoms with Crippen LogP contribution >= 0.6 is 0 Å². The van der Waals surface area contributed by atoms with E-state index in [1.807, 2.05) is 20.0 Å². The van der Waals surface area contributed by atoms with Gasteiger partial charge in [-0.3, -0.25) is 4.79 Å². The van der Waals surface area contributed by atoms with E-state index in [2.05, 4.69) is 10.3 Å². The van der Waals surface area contributed by atoms with Gasteiger partial charge in [0.15, 0.2) is 0 Å². The molecule has 0 aliphatic rings. The third kappa shape index (κ3) is 8.01. The third-order valence-corrected chi connectivity index (χ3v) is 2.76. The first-order valence-electron chi connectivity index (χ1n) is 7.26. The van der Waals surface area contributed by atoms with Crippen molar-refractivity contribution < 1.29 is 14.3 Å². The number of aromatic nitrogens is 3. The van der Waals surface area contributed by atoms with Gasteiger partial charge in [0.25, 0.3) is 0 Å². The zero-order valence-corrected chi connectivity index (χ0v) is 12.5. The molecule has 1 aromatic rings. The van der Waals surface area contributed by atoms with Crippen molar-refractivity contribution in [1.82, 2.24) is 15.0 Å². The van der Waals surface area contributed by atoms with Gasteiger partial charge in [-0.1, -0.05) is 12.1 Å². The second-order valence-corrected chi connectivity index (χ2v) is 4.74. The third-order valence-electron chi connectivity index (χ3n) is 2.76. The minimum Gasteiger partial charge on any atom is -0.379 e. The van der Waals surface area contributed by atoms with Gasteiger partial charge in [0, 0.05) is 25.6 Å². The highest BCUT2D eigenvalue weighted by atomic mass is 16.5. The lowest BCUT2D eigenvalue weighted by atomic mass is 10.1. The molecule has 1 rings (SSSR count). The summed E-state index contributed by atoms with van der Waals surface area (Å²) in [5, 5.41) is 7.83. The van der Waals surface area contributed by atoms with Crippen LogP contribution < -0.4 is 0 Å². The van der Waals surface area contributed by atoms with Crippen molar-refractivity contribution in [3.8, 4) is 0 Å². The number of rotatable bonds is 12. The Kier molecular flexibility index (Phi) is 8.82. The Labute approximate surface area is 120 Å². The van der Waals surface area contributed by atoms with Crippen LogP contribution in [0.4, 0.5) is 0 Å². The van der Waals surface area contributed by atoms with E-state index in [1.54, 1.807) is 4.68 Å². The average molecular weight is 283 g/mol. The number of ketones is 1. The fraction of sp³-hybridized carbons (Fsp3) is 0.786. The van der Waals surface area contributed by atoms with E-state index in [0.717, 1.165) is 18.5 Å². The molecule has 6 heteroatoms. The van der Waals surface area contributed by atoms with Crippen molar-refractivity contribution in [3.63, 3.8) is 0 Å². The molecule has 0 aliphatic carbocycles. The van der Waals surface area contributed by atoms with Crippen LogP contribution in [0.5, 0.6) is 0 Å². The summed E-state index contributed by atoms with van der Waals surface area (Å²) < 4.78 is 12.6. The highest BCUT2D eigenvalue weighted by Crippen LogP contribution is 1.98. The van der Waals surface area contributed by atoms with Crippen LogP contribution in [0, 0.1) is 6.92 Å². The first kappa shape index (κ1) is 16.8. The molecular formula is C14H25N3O3. The minimum absolute atomic E-state index is 0.329. The number of Topliss-reactive ketones (excluding diaryl/α,β-unsaturated/α-hetero) is 1. The molecule has 0 fully saturated rings. The number of nitrogens with zero attached hydrogens (tertiary/aromatic N) is 3. The lowest BCUT2D eigenvalue weighted by Crippen LogP contribution is -2.11. The van der Waals surface area contributed by atoms with Crippen molar-refractivity contribution in [1.29, 1.82) is 0 Å². The standard InChI is InChI=1S/C14H25N3O3/c1-3-5-14(18)6-4-8-19-10-11-20-9-7-17-12-13(2)15-16-17/h12H,3-11H2,1-2H3. The molecule has 20 heavy (non-hydrogen) atoms. The summed E-state index contributed by atoms with van der Waals surface area (Å²) >= 11 is 0. The molecule has 0 amide bonds. The molecule has 114 valence electrons. The lowest BCUT2D eigenvalue weighted by Gasteiger charge is -2.05. The first-order valence-corrected chi connectivity index (χ1v) is 7.26. The van der Waals surface area contributed by atoms with Crippen molar-refractivity contribution in [3.05, 3.63) is 11.9 Å². The van der Waals surface area contributed by atoms with Gasteiger partial charge in [0.2, 0.25) is 0 Å². The molecule has 0 radical (unpaired) electrons. The quantitative estimate of drug-likeness (QED) is 0.547. The van der Waals surface area contributed by atoms with E-state index in [1.165, 1.54) is 0 Å². The highest BCUT2D eigenvalue weighted by Gasteiger charge is 2.00. The number of carbonyl (C=O) groups is 1. The van der Waals surface area contributed by atoms with E-state index in [0.29, 0.717) is 51.6 Å². The summed E-state index contributed by atoms with van der Waals surface area (Å²) in [4.78, 5) is 11.3. The number of aryl methyl sites for hydroxylation is 1. The molecule has 0 saturated heterocycles. The maximum atomic E-state index is 11.3. The Hall–Kier alpha value is -1.27. The fourth-order valence-corrected chi connectivity index (χ4v) is 1.76. The summed E-state index contributed by atoms with van der Waals surface area (Å²) in [6.07, 6.45) is 4.92. The molecule has 0 bridgehead atoms. The Morgan fingerprint density at radius 1 is 1.20 bits per heavy atom. The molecule has 0 unspecified atom stereocenters. The van der Waals surface area contributed by atoms with Crippen LogP contribution in [-0.4, -0.2) is 47.2 Å². The molecule has 0 atom stereocenters. The molecule has 0 N–H and O–H groups in total. The number of carbonyl (C=O) groups excluding carboxylic acids is 1. The minimum atomic E-state index is 0.329. The Morgan fingerprint density at radius 3 is 2.60 bits per heavy atom. The summed E-state index contributed by atoms with van der Waals surface area (Å²) in [5.74, 6) is 0.329. The number of hydrogen-bond acceptors (Lipinski definition) is 5.